The molecule has 180 valence electrons. The molecule has 2 aliphatic rings. The van der Waals surface area contributed by atoms with E-state index >= 15 is 0 Å². The monoisotopic (exact) mass is 466 g/mol. The third kappa shape index (κ3) is 5.22. The van der Waals surface area contributed by atoms with Gasteiger partial charge in [0.05, 0.1) is 19.3 Å². The third-order valence-corrected chi connectivity index (χ3v) is 6.44. The highest BCUT2D eigenvalue weighted by molar-refractivity contribution is 5.80. The summed E-state index contributed by atoms with van der Waals surface area (Å²) in [6.45, 7) is 4.44. The second-order valence-corrected chi connectivity index (χ2v) is 9.68. The molecule has 3 N–H and O–H groups in total. The maximum Gasteiger partial charge on any atom is 0.407 e. The highest BCUT2D eigenvalue weighted by atomic mass is 16.5. The fraction of sp³-hybridized carbons (Fsp3) is 0.423. The maximum atomic E-state index is 12.5. The predicted molar refractivity (Wildman–Crippen MR) is 125 cm³/mol. The van der Waals surface area contributed by atoms with Gasteiger partial charge < -0.3 is 25.2 Å². The van der Waals surface area contributed by atoms with E-state index < -0.39 is 29.4 Å². The topological polar surface area (TPSA) is 114 Å². The molecular weight excluding hydrogens is 436 g/mol. The van der Waals surface area contributed by atoms with Gasteiger partial charge in [0.2, 0.25) is 5.91 Å². The summed E-state index contributed by atoms with van der Waals surface area (Å²) < 4.78 is 10.7. The number of benzene rings is 2. The van der Waals surface area contributed by atoms with Crippen molar-refractivity contribution in [3.05, 3.63) is 59.7 Å². The quantitative estimate of drug-likeness (QED) is 0.551. The van der Waals surface area contributed by atoms with Gasteiger partial charge >= 0.3 is 12.1 Å². The van der Waals surface area contributed by atoms with Crippen LogP contribution >= 0.6 is 0 Å². The van der Waals surface area contributed by atoms with Crippen molar-refractivity contribution in [2.45, 2.75) is 32.2 Å². The second kappa shape index (κ2) is 9.85. The van der Waals surface area contributed by atoms with Gasteiger partial charge in [0.1, 0.15) is 12.5 Å². The molecule has 1 saturated heterocycles. The summed E-state index contributed by atoms with van der Waals surface area (Å²) in [5, 5.41) is 14.7. The molecule has 0 bridgehead atoms. The van der Waals surface area contributed by atoms with Gasteiger partial charge in [0, 0.05) is 18.9 Å². The van der Waals surface area contributed by atoms with E-state index in [2.05, 4.69) is 34.9 Å². The summed E-state index contributed by atoms with van der Waals surface area (Å²) in [5.41, 5.74) is 4.07. The lowest BCUT2D eigenvalue weighted by molar-refractivity contribution is -0.142. The number of carbonyl (C=O) groups is 3. The Morgan fingerprint density at radius 3 is 2.26 bits per heavy atom. The number of nitrogens with one attached hydrogen (secondary N) is 2. The van der Waals surface area contributed by atoms with Crippen LogP contribution in [0.25, 0.3) is 11.1 Å². The number of fused-ring (bicyclic) bond motifs is 3. The highest BCUT2D eigenvalue weighted by Gasteiger charge is 2.36. The number of ether oxygens (including phenoxy) is 2. The van der Waals surface area contributed by atoms with Crippen LogP contribution in [0.15, 0.2) is 48.5 Å². The number of carbonyl (C=O) groups excluding carboxylic acids is 2. The predicted octanol–water partition coefficient (Wildman–Crippen LogP) is 3.16. The fourth-order valence-corrected chi connectivity index (χ4v) is 4.66. The first kappa shape index (κ1) is 23.8. The Morgan fingerprint density at radius 1 is 1.03 bits per heavy atom. The van der Waals surface area contributed by atoms with Crippen molar-refractivity contribution in [1.82, 2.24) is 10.6 Å². The van der Waals surface area contributed by atoms with E-state index in [4.69, 9.17) is 9.47 Å². The zero-order valence-corrected chi connectivity index (χ0v) is 19.4. The van der Waals surface area contributed by atoms with Crippen LogP contribution in [-0.2, 0) is 19.1 Å². The van der Waals surface area contributed by atoms with Gasteiger partial charge in [-0.25, -0.2) is 4.79 Å². The number of hydrogen-bond donors (Lipinski definition) is 3. The van der Waals surface area contributed by atoms with Gasteiger partial charge in [-0.2, -0.15) is 0 Å². The van der Waals surface area contributed by atoms with Gasteiger partial charge in [0.15, 0.2) is 0 Å². The molecule has 0 radical (unpaired) electrons. The Bertz CT molecular complexity index is 1040. The van der Waals surface area contributed by atoms with E-state index in [0.29, 0.717) is 0 Å². The lowest BCUT2D eigenvalue weighted by Gasteiger charge is -2.25. The SMILES string of the molecule is CC(C)(CNC(=O)OCC1c2ccccc2-c2ccccc21)CC(=O)NC1COCC1C(=O)O. The number of aliphatic carboxylic acids is 1. The molecule has 1 aliphatic heterocycles. The molecule has 1 heterocycles. The number of rotatable bonds is 8. The van der Waals surface area contributed by atoms with E-state index in [1.165, 1.54) is 0 Å². The van der Waals surface area contributed by atoms with Crippen molar-refractivity contribution in [3.63, 3.8) is 0 Å². The van der Waals surface area contributed by atoms with Gasteiger partial charge in [-0.3, -0.25) is 9.59 Å². The van der Waals surface area contributed by atoms with Gasteiger partial charge in [-0.1, -0.05) is 62.4 Å². The molecule has 1 aliphatic carbocycles. The molecule has 2 aromatic carbocycles. The molecule has 4 rings (SSSR count). The van der Waals surface area contributed by atoms with E-state index in [-0.39, 0.29) is 44.6 Å². The summed E-state index contributed by atoms with van der Waals surface area (Å²) >= 11 is 0. The minimum Gasteiger partial charge on any atom is -0.481 e. The molecule has 0 saturated carbocycles. The molecule has 2 unspecified atom stereocenters. The van der Waals surface area contributed by atoms with Crippen molar-refractivity contribution in [2.75, 3.05) is 26.4 Å². The van der Waals surface area contributed by atoms with E-state index in [1.807, 2.05) is 38.1 Å². The standard InChI is InChI=1S/C26H30N2O6/c1-26(2,11-23(29)28-22-14-33-12-21(22)24(30)31)15-27-25(32)34-13-20-18-9-5-3-7-16(18)17-8-4-6-10-19(17)20/h3-10,20-22H,11-15H2,1-2H3,(H,27,32)(H,28,29)(H,30,31). The first-order valence-electron chi connectivity index (χ1n) is 11.4. The van der Waals surface area contributed by atoms with Crippen LogP contribution in [0.2, 0.25) is 0 Å². The van der Waals surface area contributed by atoms with Crippen LogP contribution in [0.3, 0.4) is 0 Å². The average Bonchev–Trinajstić information content (AvgIpc) is 3.38. The molecular formula is C26H30N2O6. The largest absolute Gasteiger partial charge is 0.481 e. The van der Waals surface area contributed by atoms with Crippen LogP contribution in [0, 0.1) is 11.3 Å². The zero-order valence-electron chi connectivity index (χ0n) is 19.4. The summed E-state index contributed by atoms with van der Waals surface area (Å²) in [6, 6.07) is 15.7. The number of carboxylic acid groups (broad SMARTS) is 1. The summed E-state index contributed by atoms with van der Waals surface area (Å²) in [7, 11) is 0. The molecule has 1 fully saturated rings. The highest BCUT2D eigenvalue weighted by Crippen LogP contribution is 2.44. The Hall–Kier alpha value is -3.39. The maximum absolute atomic E-state index is 12.5. The van der Waals surface area contributed by atoms with Crippen LogP contribution in [0.5, 0.6) is 0 Å². The minimum atomic E-state index is -0.987. The molecule has 34 heavy (non-hydrogen) atoms. The molecule has 8 nitrogen and oxygen atoms in total. The summed E-state index contributed by atoms with van der Waals surface area (Å²) in [6.07, 6.45) is -0.412. The number of carboxylic acids is 1. The summed E-state index contributed by atoms with van der Waals surface area (Å²) in [5.74, 6) is -2.03. The molecule has 2 aromatic rings. The first-order valence-corrected chi connectivity index (χ1v) is 11.4. The molecule has 2 atom stereocenters. The molecule has 0 aromatic heterocycles. The van der Waals surface area contributed by atoms with Crippen molar-refractivity contribution < 1.29 is 29.0 Å². The van der Waals surface area contributed by atoms with Crippen molar-refractivity contribution >= 4 is 18.0 Å². The van der Waals surface area contributed by atoms with Crippen molar-refractivity contribution in [3.8, 4) is 11.1 Å². The van der Waals surface area contributed by atoms with Crippen LogP contribution < -0.4 is 10.6 Å². The van der Waals surface area contributed by atoms with Gasteiger partial charge in [0.25, 0.3) is 0 Å². The number of hydrogen-bond acceptors (Lipinski definition) is 5. The Balaban J connectivity index is 1.27. The smallest absolute Gasteiger partial charge is 0.407 e. The lowest BCUT2D eigenvalue weighted by Crippen LogP contribution is -2.45. The number of amides is 2. The Labute approximate surface area is 198 Å². The average molecular weight is 467 g/mol. The van der Waals surface area contributed by atoms with Gasteiger partial charge in [-0.05, 0) is 27.7 Å². The zero-order chi connectivity index (χ0) is 24.3. The van der Waals surface area contributed by atoms with E-state index in [1.54, 1.807) is 0 Å². The van der Waals surface area contributed by atoms with Crippen molar-refractivity contribution in [2.24, 2.45) is 11.3 Å². The Morgan fingerprint density at radius 2 is 1.65 bits per heavy atom. The first-order chi connectivity index (χ1) is 16.2. The second-order valence-electron chi connectivity index (χ2n) is 9.68. The van der Waals surface area contributed by atoms with Crippen LogP contribution in [-0.4, -0.2) is 55.5 Å². The van der Waals surface area contributed by atoms with Gasteiger partial charge in [-0.15, -0.1) is 0 Å². The van der Waals surface area contributed by atoms with Crippen molar-refractivity contribution in [1.29, 1.82) is 0 Å². The fourth-order valence-electron chi connectivity index (χ4n) is 4.66. The summed E-state index contributed by atoms with van der Waals surface area (Å²) in [4.78, 5) is 36.2. The molecule has 2 amide bonds. The van der Waals surface area contributed by atoms with E-state index in [0.717, 1.165) is 22.3 Å². The third-order valence-electron chi connectivity index (χ3n) is 6.44. The normalized spacial score (nSPS) is 19.2. The number of alkyl carbamates (subject to hydrolysis) is 1. The molecule has 0 spiro atoms. The molecule has 8 heteroatoms. The van der Waals surface area contributed by atoms with E-state index in [9.17, 15) is 19.5 Å². The Kier molecular flexibility index (Phi) is 6.88. The lowest BCUT2D eigenvalue weighted by atomic mass is 9.88. The van der Waals surface area contributed by atoms with Crippen LogP contribution in [0.1, 0.15) is 37.3 Å². The minimum absolute atomic E-state index is 0.0206. The van der Waals surface area contributed by atoms with Crippen LogP contribution in [0.4, 0.5) is 4.79 Å².